The van der Waals surface area contributed by atoms with E-state index in [1.807, 2.05) is 6.07 Å². The molecule has 0 spiro atoms. The van der Waals surface area contributed by atoms with Gasteiger partial charge in [0.05, 0.1) is 18.8 Å². The van der Waals surface area contributed by atoms with Crippen LogP contribution in [-0.2, 0) is 4.74 Å². The van der Waals surface area contributed by atoms with Gasteiger partial charge in [-0.15, -0.1) is 0 Å². The first-order valence-electron chi connectivity index (χ1n) is 6.64. The third-order valence-electron chi connectivity index (χ3n) is 4.03. The van der Waals surface area contributed by atoms with Crippen molar-refractivity contribution in [1.29, 1.82) is 0 Å². The molecule has 1 aromatic rings. The van der Waals surface area contributed by atoms with Gasteiger partial charge in [-0.25, -0.2) is 4.39 Å². The van der Waals surface area contributed by atoms with Gasteiger partial charge in [0, 0.05) is 17.8 Å². The molecule has 2 N–H and O–H groups in total. The van der Waals surface area contributed by atoms with Crippen LogP contribution in [0.1, 0.15) is 24.8 Å². The van der Waals surface area contributed by atoms with Crippen LogP contribution in [0.15, 0.2) is 18.2 Å². The summed E-state index contributed by atoms with van der Waals surface area (Å²) >= 11 is 4.83. The van der Waals surface area contributed by atoms with Crippen molar-refractivity contribution in [3.8, 4) is 0 Å². The zero-order valence-electron chi connectivity index (χ0n) is 10.6. The number of fused-ring (bicyclic) bond motifs is 1. The Hall–Kier alpha value is -1.20. The van der Waals surface area contributed by atoms with Crippen LogP contribution >= 0.6 is 12.2 Å². The van der Waals surface area contributed by atoms with Crippen molar-refractivity contribution in [2.45, 2.75) is 31.4 Å². The summed E-state index contributed by atoms with van der Waals surface area (Å²) in [6.45, 7) is 1.52. The van der Waals surface area contributed by atoms with Crippen molar-refractivity contribution in [3.63, 3.8) is 0 Å². The lowest BCUT2D eigenvalue weighted by Crippen LogP contribution is -2.48. The molecule has 3 nitrogen and oxygen atoms in total. The maximum absolute atomic E-state index is 14.0. The van der Waals surface area contributed by atoms with E-state index in [9.17, 15) is 4.39 Å². The summed E-state index contributed by atoms with van der Waals surface area (Å²) in [6.07, 6.45) is 3.70. The predicted molar refractivity (Wildman–Crippen MR) is 77.0 cm³/mol. The maximum atomic E-state index is 14.0. The number of thiocarbonyl (C=S) groups is 1. The van der Waals surface area contributed by atoms with E-state index in [1.54, 1.807) is 6.07 Å². The first-order valence-corrected chi connectivity index (χ1v) is 7.05. The molecule has 1 heterocycles. The highest BCUT2D eigenvalue weighted by Gasteiger charge is 2.36. The van der Waals surface area contributed by atoms with Crippen LogP contribution in [-0.4, -0.2) is 30.3 Å². The number of morpholine rings is 1. The van der Waals surface area contributed by atoms with Gasteiger partial charge in [0.15, 0.2) is 0 Å². The molecule has 1 saturated heterocycles. The maximum Gasteiger partial charge on any atom is 0.135 e. The Morgan fingerprint density at radius 2 is 2.26 bits per heavy atom. The van der Waals surface area contributed by atoms with Gasteiger partial charge in [-0.3, -0.25) is 0 Å². The van der Waals surface area contributed by atoms with Gasteiger partial charge in [0.25, 0.3) is 0 Å². The van der Waals surface area contributed by atoms with E-state index in [0.717, 1.165) is 25.1 Å². The SMILES string of the molecule is NC(=S)c1ccc(N2CCOC3CCCC32)cc1F. The summed E-state index contributed by atoms with van der Waals surface area (Å²) in [7, 11) is 0. The number of ether oxygens (including phenoxy) is 1. The van der Waals surface area contributed by atoms with E-state index < -0.39 is 0 Å². The fourth-order valence-electron chi connectivity index (χ4n) is 3.13. The number of nitrogens with two attached hydrogens (primary N) is 1. The zero-order chi connectivity index (χ0) is 13.4. The minimum Gasteiger partial charge on any atom is -0.389 e. The molecule has 19 heavy (non-hydrogen) atoms. The van der Waals surface area contributed by atoms with Crippen LogP contribution in [0.5, 0.6) is 0 Å². The first-order chi connectivity index (χ1) is 9.16. The summed E-state index contributed by atoms with van der Waals surface area (Å²) in [5, 5.41) is 0. The van der Waals surface area contributed by atoms with Crippen LogP contribution in [0.25, 0.3) is 0 Å². The predicted octanol–water partition coefficient (Wildman–Crippen LogP) is 2.22. The topological polar surface area (TPSA) is 38.5 Å². The average molecular weight is 280 g/mol. The van der Waals surface area contributed by atoms with Gasteiger partial charge in [0.2, 0.25) is 0 Å². The highest BCUT2D eigenvalue weighted by Crippen LogP contribution is 2.33. The zero-order valence-corrected chi connectivity index (χ0v) is 11.5. The number of hydrogen-bond acceptors (Lipinski definition) is 3. The van der Waals surface area contributed by atoms with Crippen LogP contribution in [0.3, 0.4) is 0 Å². The molecule has 1 aliphatic heterocycles. The molecule has 5 heteroatoms. The molecule has 0 radical (unpaired) electrons. The minimum absolute atomic E-state index is 0.102. The van der Waals surface area contributed by atoms with Crippen LogP contribution < -0.4 is 10.6 Å². The molecule has 2 fully saturated rings. The number of rotatable bonds is 2. The van der Waals surface area contributed by atoms with Gasteiger partial charge in [-0.05, 0) is 37.5 Å². The highest BCUT2D eigenvalue weighted by molar-refractivity contribution is 7.80. The van der Waals surface area contributed by atoms with Gasteiger partial charge >= 0.3 is 0 Å². The smallest absolute Gasteiger partial charge is 0.135 e. The Labute approximate surface area is 117 Å². The van der Waals surface area contributed by atoms with Crippen molar-refractivity contribution in [3.05, 3.63) is 29.6 Å². The van der Waals surface area contributed by atoms with Crippen molar-refractivity contribution < 1.29 is 9.13 Å². The Kier molecular flexibility index (Phi) is 3.41. The molecular formula is C14H17FN2OS. The van der Waals surface area contributed by atoms with Crippen molar-refractivity contribution in [2.75, 3.05) is 18.1 Å². The highest BCUT2D eigenvalue weighted by atomic mass is 32.1. The van der Waals surface area contributed by atoms with E-state index in [0.29, 0.717) is 24.3 Å². The summed E-state index contributed by atoms with van der Waals surface area (Å²) in [5.41, 5.74) is 6.70. The average Bonchev–Trinajstić information content (AvgIpc) is 2.86. The molecule has 102 valence electrons. The van der Waals surface area contributed by atoms with Gasteiger partial charge in [-0.1, -0.05) is 12.2 Å². The van der Waals surface area contributed by atoms with Gasteiger partial charge in [0.1, 0.15) is 10.8 Å². The molecule has 2 aliphatic rings. The number of benzene rings is 1. The van der Waals surface area contributed by atoms with E-state index in [-0.39, 0.29) is 10.8 Å². The second-order valence-electron chi connectivity index (χ2n) is 5.13. The molecule has 2 unspecified atom stereocenters. The Balaban J connectivity index is 1.89. The van der Waals surface area contributed by atoms with E-state index in [4.69, 9.17) is 22.7 Å². The molecule has 0 amide bonds. The molecule has 0 aromatic heterocycles. The normalized spacial score (nSPS) is 26.3. The largest absolute Gasteiger partial charge is 0.389 e. The lowest BCUT2D eigenvalue weighted by atomic mass is 10.1. The fraction of sp³-hybridized carbons (Fsp3) is 0.500. The summed E-state index contributed by atoms with van der Waals surface area (Å²) < 4.78 is 19.7. The third-order valence-corrected chi connectivity index (χ3v) is 4.25. The van der Waals surface area contributed by atoms with Crippen LogP contribution in [0.4, 0.5) is 10.1 Å². The second kappa shape index (κ2) is 5.06. The monoisotopic (exact) mass is 280 g/mol. The number of nitrogens with zero attached hydrogens (tertiary/aromatic N) is 1. The Morgan fingerprint density at radius 3 is 3.00 bits per heavy atom. The van der Waals surface area contributed by atoms with E-state index in [2.05, 4.69) is 4.90 Å². The number of halogens is 1. The third kappa shape index (κ3) is 2.32. The molecule has 1 aromatic carbocycles. The minimum atomic E-state index is -0.342. The van der Waals surface area contributed by atoms with Gasteiger partial charge < -0.3 is 15.4 Å². The molecule has 3 rings (SSSR count). The molecular weight excluding hydrogens is 263 g/mol. The lowest BCUT2D eigenvalue weighted by molar-refractivity contribution is 0.0256. The Morgan fingerprint density at radius 1 is 1.42 bits per heavy atom. The first kappa shape index (κ1) is 12.8. The summed E-state index contributed by atoms with van der Waals surface area (Å²) in [4.78, 5) is 2.36. The lowest BCUT2D eigenvalue weighted by Gasteiger charge is -2.39. The van der Waals surface area contributed by atoms with Crippen molar-refractivity contribution in [2.24, 2.45) is 5.73 Å². The quantitative estimate of drug-likeness (QED) is 0.843. The summed E-state index contributed by atoms with van der Waals surface area (Å²) in [6, 6.07) is 5.49. The van der Waals surface area contributed by atoms with Crippen molar-refractivity contribution in [1.82, 2.24) is 0 Å². The number of anilines is 1. The van der Waals surface area contributed by atoms with Crippen molar-refractivity contribution >= 4 is 22.9 Å². The number of hydrogen-bond donors (Lipinski definition) is 1. The fourth-order valence-corrected chi connectivity index (χ4v) is 3.29. The second-order valence-corrected chi connectivity index (χ2v) is 5.57. The summed E-state index contributed by atoms with van der Waals surface area (Å²) in [5.74, 6) is -0.342. The van der Waals surface area contributed by atoms with Crippen LogP contribution in [0, 0.1) is 5.82 Å². The molecule has 1 saturated carbocycles. The van der Waals surface area contributed by atoms with E-state index >= 15 is 0 Å². The molecule has 2 atom stereocenters. The standard InChI is InChI=1S/C14H17FN2OS/c15-11-8-9(4-5-10(11)14(16)19)17-6-7-18-13-3-1-2-12(13)17/h4-5,8,12-13H,1-3,6-7H2,(H2,16,19). The van der Waals surface area contributed by atoms with Crippen LogP contribution in [0.2, 0.25) is 0 Å². The van der Waals surface area contributed by atoms with E-state index in [1.165, 1.54) is 12.5 Å². The Bertz CT molecular complexity index is 508. The molecule has 1 aliphatic carbocycles. The molecule has 0 bridgehead atoms. The van der Waals surface area contributed by atoms with Gasteiger partial charge in [-0.2, -0.15) is 0 Å².